The summed E-state index contributed by atoms with van der Waals surface area (Å²) in [6.45, 7) is 8.06. The average Bonchev–Trinajstić information content (AvgIpc) is 2.49. The number of hydrogen-bond acceptors (Lipinski definition) is 4. The third-order valence-corrected chi connectivity index (χ3v) is 4.59. The molecule has 6 heteroatoms. The minimum atomic E-state index is -3.63. The maximum Gasteiger partial charge on any atom is 0.263 e. The van der Waals surface area contributed by atoms with Gasteiger partial charge in [0, 0.05) is 6.54 Å². The van der Waals surface area contributed by atoms with E-state index >= 15 is 0 Å². The highest BCUT2D eigenvalue weighted by atomic mass is 32.2. The Balaban J connectivity index is 2.17. The zero-order valence-electron chi connectivity index (χ0n) is 12.6. The molecule has 0 unspecified atom stereocenters. The molecule has 0 atom stereocenters. The number of sulfonamides is 1. The summed E-state index contributed by atoms with van der Waals surface area (Å²) in [4.78, 5) is 4.32. The van der Waals surface area contributed by atoms with Crippen molar-refractivity contribution in [2.24, 2.45) is 0 Å². The van der Waals surface area contributed by atoms with Gasteiger partial charge in [-0.05, 0) is 49.2 Å². The molecule has 0 aliphatic heterocycles. The molecular formula is C16H19N3O2S. The molecule has 0 saturated carbocycles. The normalized spacial score (nSPS) is 11.0. The van der Waals surface area contributed by atoms with Crippen molar-refractivity contribution in [1.82, 2.24) is 4.98 Å². The summed E-state index contributed by atoms with van der Waals surface area (Å²) in [6, 6.07) is 8.40. The van der Waals surface area contributed by atoms with Crippen molar-refractivity contribution in [3.8, 4) is 0 Å². The lowest BCUT2D eigenvalue weighted by Crippen LogP contribution is -2.14. The molecule has 5 nitrogen and oxygen atoms in total. The van der Waals surface area contributed by atoms with E-state index in [4.69, 9.17) is 0 Å². The van der Waals surface area contributed by atoms with Gasteiger partial charge in [-0.3, -0.25) is 4.72 Å². The third-order valence-electron chi connectivity index (χ3n) is 3.24. The Kier molecular flexibility index (Phi) is 4.82. The second-order valence-electron chi connectivity index (χ2n) is 4.95. The van der Waals surface area contributed by atoms with E-state index in [1.165, 1.54) is 0 Å². The molecule has 0 saturated heterocycles. The first-order chi connectivity index (χ1) is 10.4. The Labute approximate surface area is 131 Å². The summed E-state index contributed by atoms with van der Waals surface area (Å²) in [5.74, 6) is 0.280. The molecule has 2 rings (SSSR count). The fraction of sp³-hybridized carbons (Fsp3) is 0.188. The molecule has 2 N–H and O–H groups in total. The third kappa shape index (κ3) is 3.85. The fourth-order valence-corrected chi connectivity index (χ4v) is 2.92. The molecule has 0 radical (unpaired) electrons. The van der Waals surface area contributed by atoms with E-state index in [0.717, 1.165) is 16.8 Å². The number of anilines is 2. The standard InChI is InChI=1S/C16H19N3O2S/c1-4-9-17-14-6-8-16(18-11-14)19-22(20,21)15-7-5-12(2)13(3)10-15/h4-8,10-11,17H,1,9H2,2-3H3,(H,18,19). The summed E-state index contributed by atoms with van der Waals surface area (Å²) in [6.07, 6.45) is 3.30. The van der Waals surface area contributed by atoms with Crippen LogP contribution in [0.5, 0.6) is 0 Å². The van der Waals surface area contributed by atoms with Crippen molar-refractivity contribution in [1.29, 1.82) is 0 Å². The lowest BCUT2D eigenvalue weighted by molar-refractivity contribution is 0.601. The number of pyridine rings is 1. The Hall–Kier alpha value is -2.34. The van der Waals surface area contributed by atoms with Crippen LogP contribution in [-0.4, -0.2) is 19.9 Å². The van der Waals surface area contributed by atoms with Gasteiger partial charge in [0.1, 0.15) is 5.82 Å². The number of aryl methyl sites for hydroxylation is 2. The number of hydrogen-bond donors (Lipinski definition) is 2. The van der Waals surface area contributed by atoms with Crippen molar-refractivity contribution < 1.29 is 8.42 Å². The van der Waals surface area contributed by atoms with Crippen LogP contribution in [0.3, 0.4) is 0 Å². The van der Waals surface area contributed by atoms with Crippen LogP contribution in [0.25, 0.3) is 0 Å². The summed E-state index contributed by atoms with van der Waals surface area (Å²) in [5.41, 5.74) is 2.78. The zero-order chi connectivity index (χ0) is 16.2. The number of aromatic nitrogens is 1. The molecule has 22 heavy (non-hydrogen) atoms. The maximum atomic E-state index is 12.3. The van der Waals surface area contributed by atoms with Gasteiger partial charge >= 0.3 is 0 Å². The molecule has 0 bridgehead atoms. The van der Waals surface area contributed by atoms with Crippen LogP contribution in [0.4, 0.5) is 11.5 Å². The fourth-order valence-electron chi connectivity index (χ4n) is 1.83. The van der Waals surface area contributed by atoms with Gasteiger partial charge < -0.3 is 5.32 Å². The molecule has 0 aliphatic rings. The van der Waals surface area contributed by atoms with E-state index in [-0.39, 0.29) is 10.7 Å². The summed E-state index contributed by atoms with van der Waals surface area (Å²) in [7, 11) is -3.63. The van der Waals surface area contributed by atoms with Crippen molar-refractivity contribution >= 4 is 21.5 Å². The van der Waals surface area contributed by atoms with E-state index in [1.54, 1.807) is 42.6 Å². The second-order valence-corrected chi connectivity index (χ2v) is 6.64. The summed E-state index contributed by atoms with van der Waals surface area (Å²) < 4.78 is 27.2. The Bertz CT molecular complexity index is 768. The van der Waals surface area contributed by atoms with Gasteiger partial charge in [-0.15, -0.1) is 6.58 Å². The summed E-state index contributed by atoms with van der Waals surface area (Å²) in [5, 5.41) is 3.07. The monoisotopic (exact) mass is 317 g/mol. The average molecular weight is 317 g/mol. The predicted molar refractivity (Wildman–Crippen MR) is 89.6 cm³/mol. The van der Waals surface area contributed by atoms with Gasteiger partial charge in [0.15, 0.2) is 0 Å². The van der Waals surface area contributed by atoms with E-state index in [0.29, 0.717) is 6.54 Å². The molecule has 1 aromatic carbocycles. The van der Waals surface area contributed by atoms with Crippen LogP contribution in [0.1, 0.15) is 11.1 Å². The van der Waals surface area contributed by atoms with E-state index in [9.17, 15) is 8.42 Å². The Morgan fingerprint density at radius 2 is 1.95 bits per heavy atom. The first-order valence-electron chi connectivity index (χ1n) is 6.83. The van der Waals surface area contributed by atoms with Crippen LogP contribution in [0.15, 0.2) is 54.1 Å². The largest absolute Gasteiger partial charge is 0.380 e. The van der Waals surface area contributed by atoms with Crippen molar-refractivity contribution in [3.63, 3.8) is 0 Å². The highest BCUT2D eigenvalue weighted by Gasteiger charge is 2.15. The van der Waals surface area contributed by atoms with Crippen LogP contribution in [0.2, 0.25) is 0 Å². The highest BCUT2D eigenvalue weighted by molar-refractivity contribution is 7.92. The van der Waals surface area contributed by atoms with Crippen LogP contribution < -0.4 is 10.0 Å². The van der Waals surface area contributed by atoms with E-state index in [1.807, 2.05) is 13.8 Å². The first-order valence-corrected chi connectivity index (χ1v) is 8.31. The molecule has 116 valence electrons. The molecule has 0 fully saturated rings. The van der Waals surface area contributed by atoms with Gasteiger partial charge in [-0.2, -0.15) is 0 Å². The smallest absolute Gasteiger partial charge is 0.263 e. The number of nitrogens with zero attached hydrogens (tertiary/aromatic N) is 1. The highest BCUT2D eigenvalue weighted by Crippen LogP contribution is 2.18. The minimum absolute atomic E-state index is 0.228. The van der Waals surface area contributed by atoms with Gasteiger partial charge in [0.2, 0.25) is 0 Å². The molecule has 0 aliphatic carbocycles. The lowest BCUT2D eigenvalue weighted by Gasteiger charge is -2.10. The molecule has 1 heterocycles. The SMILES string of the molecule is C=CCNc1ccc(NS(=O)(=O)c2ccc(C)c(C)c2)nc1. The van der Waals surface area contributed by atoms with Gasteiger partial charge in [0.25, 0.3) is 10.0 Å². The lowest BCUT2D eigenvalue weighted by atomic mass is 10.1. The van der Waals surface area contributed by atoms with Gasteiger partial charge in [0.05, 0.1) is 16.8 Å². The van der Waals surface area contributed by atoms with Gasteiger partial charge in [-0.25, -0.2) is 13.4 Å². The number of rotatable bonds is 6. The minimum Gasteiger partial charge on any atom is -0.380 e. The summed E-state index contributed by atoms with van der Waals surface area (Å²) >= 11 is 0. The molecule has 1 aromatic heterocycles. The molecule has 2 aromatic rings. The molecule has 0 spiro atoms. The molecule has 0 amide bonds. The van der Waals surface area contributed by atoms with Gasteiger partial charge in [-0.1, -0.05) is 12.1 Å². The van der Waals surface area contributed by atoms with Crippen molar-refractivity contribution in [3.05, 3.63) is 60.3 Å². The van der Waals surface area contributed by atoms with Crippen LogP contribution >= 0.6 is 0 Å². The van der Waals surface area contributed by atoms with Crippen molar-refractivity contribution in [2.45, 2.75) is 18.7 Å². The van der Waals surface area contributed by atoms with Crippen molar-refractivity contribution in [2.75, 3.05) is 16.6 Å². The van der Waals surface area contributed by atoms with Crippen LogP contribution in [0, 0.1) is 13.8 Å². The Morgan fingerprint density at radius 1 is 1.18 bits per heavy atom. The quantitative estimate of drug-likeness (QED) is 0.803. The van der Waals surface area contributed by atoms with E-state index in [2.05, 4.69) is 21.6 Å². The topological polar surface area (TPSA) is 71.1 Å². The van der Waals surface area contributed by atoms with Crippen LogP contribution in [-0.2, 0) is 10.0 Å². The second kappa shape index (κ2) is 6.62. The zero-order valence-corrected chi connectivity index (χ0v) is 13.4. The predicted octanol–water partition coefficient (Wildman–Crippen LogP) is 3.10. The van der Waals surface area contributed by atoms with E-state index < -0.39 is 10.0 Å². The number of benzene rings is 1. The number of nitrogens with one attached hydrogen (secondary N) is 2. The molecular weight excluding hydrogens is 298 g/mol. The maximum absolute atomic E-state index is 12.3. The Morgan fingerprint density at radius 3 is 2.55 bits per heavy atom. The first kappa shape index (κ1) is 16.0.